The molecule has 0 aliphatic rings. The number of benzene rings is 1. The number of nitrogens with zero attached hydrogens (tertiary/aromatic N) is 3. The topological polar surface area (TPSA) is 67.2 Å². The summed E-state index contributed by atoms with van der Waals surface area (Å²) in [7, 11) is -0.392. The van der Waals surface area contributed by atoms with Gasteiger partial charge in [-0.1, -0.05) is 30.3 Å². The van der Waals surface area contributed by atoms with E-state index in [1.165, 1.54) is 14.1 Å². The van der Waals surface area contributed by atoms with Gasteiger partial charge in [-0.15, -0.1) is 0 Å². The van der Waals surface area contributed by atoms with Gasteiger partial charge in [-0.2, -0.15) is 12.7 Å². The average Bonchev–Trinajstić information content (AvgIpc) is 2.81. The van der Waals surface area contributed by atoms with Crippen LogP contribution in [0.25, 0.3) is 11.4 Å². The maximum atomic E-state index is 11.7. The minimum Gasteiger partial charge on any atom is -0.327 e. The molecule has 1 heterocycles. The van der Waals surface area contributed by atoms with Crippen LogP contribution in [0.15, 0.2) is 36.5 Å². The zero-order chi connectivity index (χ0) is 15.5. The molecular formula is C14H20N4O2S. The molecule has 0 radical (unpaired) electrons. The van der Waals surface area contributed by atoms with Crippen molar-refractivity contribution in [3.05, 3.63) is 42.2 Å². The predicted molar refractivity (Wildman–Crippen MR) is 83.0 cm³/mol. The first-order chi connectivity index (χ1) is 9.92. The van der Waals surface area contributed by atoms with Crippen LogP contribution in [0.4, 0.5) is 0 Å². The lowest BCUT2D eigenvalue weighted by molar-refractivity contribution is 0.501. The second-order valence-electron chi connectivity index (χ2n) is 4.92. The first kappa shape index (κ1) is 15.7. The number of nitrogens with one attached hydrogen (secondary N) is 1. The van der Waals surface area contributed by atoms with E-state index in [0.29, 0.717) is 13.1 Å². The molecule has 6 nitrogen and oxygen atoms in total. The van der Waals surface area contributed by atoms with Crippen molar-refractivity contribution >= 4 is 10.2 Å². The first-order valence-corrected chi connectivity index (χ1v) is 8.10. The van der Waals surface area contributed by atoms with Crippen molar-refractivity contribution < 1.29 is 8.42 Å². The van der Waals surface area contributed by atoms with Gasteiger partial charge in [0.05, 0.1) is 0 Å². The molecule has 7 heteroatoms. The number of aromatic nitrogens is 2. The molecule has 1 N–H and O–H groups in total. The van der Waals surface area contributed by atoms with E-state index in [0.717, 1.165) is 21.4 Å². The van der Waals surface area contributed by atoms with Crippen LogP contribution in [0.5, 0.6) is 0 Å². The van der Waals surface area contributed by atoms with Gasteiger partial charge in [0.15, 0.2) is 0 Å². The number of imidazole rings is 1. The number of hydrogen-bond donors (Lipinski definition) is 1. The largest absolute Gasteiger partial charge is 0.327 e. The third kappa shape index (κ3) is 3.69. The summed E-state index contributed by atoms with van der Waals surface area (Å²) in [5.41, 5.74) is 2.01. The lowest BCUT2D eigenvalue weighted by atomic mass is 10.2. The van der Waals surface area contributed by atoms with E-state index < -0.39 is 10.2 Å². The summed E-state index contributed by atoms with van der Waals surface area (Å²) < 4.78 is 29.1. The van der Waals surface area contributed by atoms with Crippen LogP contribution in [-0.2, 0) is 16.8 Å². The highest BCUT2D eigenvalue weighted by atomic mass is 32.2. The molecule has 0 aliphatic heterocycles. The maximum absolute atomic E-state index is 11.7. The van der Waals surface area contributed by atoms with Gasteiger partial charge in [-0.25, -0.2) is 9.71 Å². The molecule has 0 aliphatic carbocycles. The standard InChI is InChI=1S/C14H20N4O2S/c1-12-11-15-14(13-7-5-4-6-8-13)18(12)10-9-16-21(19,20)17(2)3/h4-8,11,16H,9-10H2,1-3H3. The van der Waals surface area contributed by atoms with Gasteiger partial charge in [0.1, 0.15) is 5.82 Å². The van der Waals surface area contributed by atoms with Gasteiger partial charge >= 0.3 is 0 Å². The molecule has 0 saturated heterocycles. The van der Waals surface area contributed by atoms with Crippen LogP contribution < -0.4 is 4.72 Å². The molecule has 0 amide bonds. The Bertz CT molecular complexity index is 693. The smallest absolute Gasteiger partial charge is 0.278 e. The molecular weight excluding hydrogens is 288 g/mol. The van der Waals surface area contributed by atoms with Crippen LogP contribution >= 0.6 is 0 Å². The molecule has 0 unspecified atom stereocenters. The van der Waals surface area contributed by atoms with Gasteiger partial charge in [0.2, 0.25) is 0 Å². The fraction of sp³-hybridized carbons (Fsp3) is 0.357. The first-order valence-electron chi connectivity index (χ1n) is 6.66. The number of aryl methyl sites for hydroxylation is 1. The van der Waals surface area contributed by atoms with E-state index >= 15 is 0 Å². The van der Waals surface area contributed by atoms with Gasteiger partial charge in [-0.05, 0) is 6.92 Å². The van der Waals surface area contributed by atoms with Crippen molar-refractivity contribution in [1.29, 1.82) is 0 Å². The highest BCUT2D eigenvalue weighted by molar-refractivity contribution is 7.87. The van der Waals surface area contributed by atoms with E-state index in [1.54, 1.807) is 6.20 Å². The predicted octanol–water partition coefficient (Wildman–Crippen LogP) is 1.25. The molecule has 0 saturated carbocycles. The van der Waals surface area contributed by atoms with E-state index in [-0.39, 0.29) is 0 Å². The van der Waals surface area contributed by atoms with E-state index in [2.05, 4.69) is 9.71 Å². The van der Waals surface area contributed by atoms with Crippen LogP contribution in [0.2, 0.25) is 0 Å². The Morgan fingerprint density at radius 3 is 2.52 bits per heavy atom. The third-order valence-electron chi connectivity index (χ3n) is 3.19. The lowest BCUT2D eigenvalue weighted by Gasteiger charge is -2.14. The summed E-state index contributed by atoms with van der Waals surface area (Å²) in [5, 5.41) is 0. The molecule has 21 heavy (non-hydrogen) atoms. The summed E-state index contributed by atoms with van der Waals surface area (Å²) in [6.45, 7) is 2.81. The van der Waals surface area contributed by atoms with Crippen molar-refractivity contribution in [2.75, 3.05) is 20.6 Å². The van der Waals surface area contributed by atoms with E-state index in [9.17, 15) is 8.42 Å². The van der Waals surface area contributed by atoms with Gasteiger partial charge in [-0.3, -0.25) is 0 Å². The summed E-state index contributed by atoms with van der Waals surface area (Å²) in [5.74, 6) is 0.845. The lowest BCUT2D eigenvalue weighted by Crippen LogP contribution is -2.37. The van der Waals surface area contributed by atoms with Crippen LogP contribution in [0.1, 0.15) is 5.69 Å². The fourth-order valence-corrected chi connectivity index (χ4v) is 2.58. The fourth-order valence-electron chi connectivity index (χ4n) is 1.98. The maximum Gasteiger partial charge on any atom is 0.278 e. The third-order valence-corrected chi connectivity index (χ3v) is 4.72. The SMILES string of the molecule is Cc1cnc(-c2ccccc2)n1CCNS(=O)(=O)N(C)C. The van der Waals surface area contributed by atoms with E-state index in [4.69, 9.17) is 0 Å². The van der Waals surface area contributed by atoms with Crippen molar-refractivity contribution in [3.8, 4) is 11.4 Å². The highest BCUT2D eigenvalue weighted by Crippen LogP contribution is 2.18. The number of hydrogen-bond acceptors (Lipinski definition) is 3. The molecule has 1 aromatic heterocycles. The summed E-state index contributed by atoms with van der Waals surface area (Å²) in [6, 6.07) is 9.84. The Morgan fingerprint density at radius 1 is 1.24 bits per heavy atom. The highest BCUT2D eigenvalue weighted by Gasteiger charge is 2.13. The summed E-state index contributed by atoms with van der Waals surface area (Å²) in [6.07, 6.45) is 1.79. The van der Waals surface area contributed by atoms with Crippen molar-refractivity contribution in [2.24, 2.45) is 0 Å². The van der Waals surface area contributed by atoms with Crippen molar-refractivity contribution in [2.45, 2.75) is 13.5 Å². The minimum absolute atomic E-state index is 0.317. The monoisotopic (exact) mass is 308 g/mol. The molecule has 0 spiro atoms. The molecule has 1 aromatic carbocycles. The Balaban J connectivity index is 2.13. The Labute approximate surface area is 125 Å². The van der Waals surface area contributed by atoms with Crippen LogP contribution in [0.3, 0.4) is 0 Å². The van der Waals surface area contributed by atoms with Gasteiger partial charge < -0.3 is 4.57 Å². The molecule has 114 valence electrons. The molecule has 0 fully saturated rings. The summed E-state index contributed by atoms with van der Waals surface area (Å²) in [4.78, 5) is 4.41. The normalized spacial score (nSPS) is 12.0. The quantitative estimate of drug-likeness (QED) is 0.873. The Morgan fingerprint density at radius 2 is 1.90 bits per heavy atom. The summed E-state index contributed by atoms with van der Waals surface area (Å²) >= 11 is 0. The van der Waals surface area contributed by atoms with Crippen LogP contribution in [0, 0.1) is 6.92 Å². The average molecular weight is 308 g/mol. The minimum atomic E-state index is -3.39. The van der Waals surface area contributed by atoms with Crippen molar-refractivity contribution in [1.82, 2.24) is 18.6 Å². The zero-order valence-electron chi connectivity index (χ0n) is 12.4. The second kappa shape index (κ2) is 6.38. The van der Waals surface area contributed by atoms with Crippen molar-refractivity contribution in [3.63, 3.8) is 0 Å². The van der Waals surface area contributed by atoms with Gasteiger partial charge in [0, 0.05) is 44.6 Å². The zero-order valence-corrected chi connectivity index (χ0v) is 13.3. The molecule has 0 atom stereocenters. The number of rotatable bonds is 6. The second-order valence-corrected chi connectivity index (χ2v) is 6.89. The molecule has 0 bridgehead atoms. The Kier molecular flexibility index (Phi) is 4.76. The molecule has 2 rings (SSSR count). The van der Waals surface area contributed by atoms with Crippen LogP contribution in [-0.4, -0.2) is 42.9 Å². The molecule has 2 aromatic rings. The Hall–Kier alpha value is -1.70. The van der Waals surface area contributed by atoms with E-state index in [1.807, 2.05) is 41.8 Å². The van der Waals surface area contributed by atoms with Gasteiger partial charge in [0.25, 0.3) is 10.2 Å².